The SMILES string of the molecule is COC(=O)c1ccc(Cn2cc(/C=C3\SC(=Nc4ccccc4)N(CCc4c[nH]c5ccccc45)C3=O)c3ccccc32)o1. The van der Waals surface area contributed by atoms with Crippen LogP contribution in [-0.2, 0) is 22.5 Å². The first-order valence-corrected chi connectivity index (χ1v) is 15.0. The van der Waals surface area contributed by atoms with Gasteiger partial charge in [-0.2, -0.15) is 0 Å². The van der Waals surface area contributed by atoms with Crippen LogP contribution >= 0.6 is 11.8 Å². The van der Waals surface area contributed by atoms with Crippen molar-refractivity contribution in [2.45, 2.75) is 13.0 Å². The largest absolute Gasteiger partial charge is 0.463 e. The molecule has 1 fully saturated rings. The number of ether oxygens (including phenoxy) is 1. The van der Waals surface area contributed by atoms with Crippen molar-refractivity contribution in [1.29, 1.82) is 0 Å². The number of para-hydroxylation sites is 3. The molecule has 1 saturated heterocycles. The monoisotopic (exact) mass is 600 g/mol. The van der Waals surface area contributed by atoms with Crippen molar-refractivity contribution < 1.29 is 18.7 Å². The lowest BCUT2D eigenvalue weighted by Gasteiger charge is -2.15. The van der Waals surface area contributed by atoms with Gasteiger partial charge in [-0.15, -0.1) is 0 Å². The number of aromatic nitrogens is 2. The number of nitrogens with zero attached hydrogens (tertiary/aromatic N) is 3. The fraction of sp³-hybridized carbons (Fsp3) is 0.114. The lowest BCUT2D eigenvalue weighted by atomic mass is 10.1. The number of thioether (sulfide) groups is 1. The van der Waals surface area contributed by atoms with Crippen LogP contribution in [-0.4, -0.2) is 45.1 Å². The fourth-order valence-corrected chi connectivity index (χ4v) is 6.49. The predicted molar refractivity (Wildman–Crippen MR) is 174 cm³/mol. The van der Waals surface area contributed by atoms with Gasteiger partial charge in [0.1, 0.15) is 5.76 Å². The molecule has 0 aliphatic carbocycles. The zero-order valence-corrected chi connectivity index (χ0v) is 24.7. The Balaban J connectivity index is 1.21. The molecule has 44 heavy (non-hydrogen) atoms. The normalized spacial score (nSPS) is 15.3. The number of fused-ring (bicyclic) bond motifs is 2. The number of rotatable bonds is 8. The number of aromatic amines is 1. The van der Waals surface area contributed by atoms with Crippen LogP contribution < -0.4 is 0 Å². The van der Waals surface area contributed by atoms with Crippen molar-refractivity contribution in [3.8, 4) is 0 Å². The third kappa shape index (κ3) is 5.33. The first-order valence-electron chi connectivity index (χ1n) is 14.2. The van der Waals surface area contributed by atoms with Crippen molar-refractivity contribution in [2.75, 3.05) is 13.7 Å². The van der Waals surface area contributed by atoms with Gasteiger partial charge in [0.15, 0.2) is 5.17 Å². The molecule has 0 unspecified atom stereocenters. The number of aliphatic imine (C=N–C) groups is 1. The summed E-state index contributed by atoms with van der Waals surface area (Å²) >= 11 is 1.39. The maximum absolute atomic E-state index is 13.9. The van der Waals surface area contributed by atoms with E-state index in [9.17, 15) is 9.59 Å². The van der Waals surface area contributed by atoms with E-state index in [0.717, 1.165) is 38.6 Å². The molecular weight excluding hydrogens is 572 g/mol. The first kappa shape index (κ1) is 27.5. The Morgan fingerprint density at radius 1 is 0.977 bits per heavy atom. The van der Waals surface area contributed by atoms with E-state index in [1.807, 2.05) is 85.2 Å². The van der Waals surface area contributed by atoms with E-state index in [2.05, 4.69) is 21.7 Å². The minimum absolute atomic E-state index is 0.0740. The van der Waals surface area contributed by atoms with Crippen LogP contribution in [0.1, 0.15) is 27.4 Å². The van der Waals surface area contributed by atoms with Crippen LogP contribution in [0.15, 0.2) is 118 Å². The molecule has 0 bridgehead atoms. The quantitative estimate of drug-likeness (QED) is 0.145. The average Bonchev–Trinajstić information content (AvgIpc) is 3.83. The number of esters is 1. The summed E-state index contributed by atoms with van der Waals surface area (Å²) in [4.78, 5) is 36.4. The number of carbonyl (C=O) groups is 2. The van der Waals surface area contributed by atoms with Crippen molar-refractivity contribution in [1.82, 2.24) is 14.5 Å². The minimum atomic E-state index is -0.516. The highest BCUT2D eigenvalue weighted by Gasteiger charge is 2.33. The van der Waals surface area contributed by atoms with Crippen LogP contribution in [0.2, 0.25) is 0 Å². The molecule has 7 rings (SSSR count). The number of nitrogens with one attached hydrogen (secondary N) is 1. The second-order valence-electron chi connectivity index (χ2n) is 10.4. The molecule has 1 aliphatic heterocycles. The lowest BCUT2D eigenvalue weighted by molar-refractivity contribution is -0.122. The highest BCUT2D eigenvalue weighted by Crippen LogP contribution is 2.36. The van der Waals surface area contributed by atoms with Gasteiger partial charge in [-0.3, -0.25) is 9.69 Å². The summed E-state index contributed by atoms with van der Waals surface area (Å²) in [5.41, 5.74) is 4.93. The second kappa shape index (κ2) is 11.8. The number of hydrogen-bond donors (Lipinski definition) is 1. The molecule has 3 aromatic heterocycles. The second-order valence-corrected chi connectivity index (χ2v) is 11.4. The fourth-order valence-electron chi connectivity index (χ4n) is 5.48. The summed E-state index contributed by atoms with van der Waals surface area (Å²) in [5.74, 6) is 0.192. The Labute approximate surface area is 257 Å². The van der Waals surface area contributed by atoms with Gasteiger partial charge in [0.25, 0.3) is 5.91 Å². The Kier molecular flexibility index (Phi) is 7.37. The Morgan fingerprint density at radius 3 is 2.59 bits per heavy atom. The molecule has 1 aliphatic rings. The first-order chi connectivity index (χ1) is 21.6. The van der Waals surface area contributed by atoms with Gasteiger partial charge >= 0.3 is 5.97 Å². The Morgan fingerprint density at radius 2 is 1.75 bits per heavy atom. The van der Waals surface area contributed by atoms with E-state index in [4.69, 9.17) is 14.1 Å². The molecule has 6 aromatic rings. The van der Waals surface area contributed by atoms with Gasteiger partial charge in [0.05, 0.1) is 24.2 Å². The van der Waals surface area contributed by atoms with E-state index in [-0.39, 0.29) is 11.7 Å². The number of methoxy groups -OCH3 is 1. The van der Waals surface area contributed by atoms with Crippen LogP contribution in [0, 0.1) is 0 Å². The van der Waals surface area contributed by atoms with Gasteiger partial charge in [0, 0.05) is 46.3 Å². The van der Waals surface area contributed by atoms with Gasteiger partial charge in [0.2, 0.25) is 5.76 Å². The van der Waals surface area contributed by atoms with Gasteiger partial charge < -0.3 is 18.7 Å². The molecule has 9 heteroatoms. The van der Waals surface area contributed by atoms with Crippen LogP contribution in [0.25, 0.3) is 27.9 Å². The summed E-state index contributed by atoms with van der Waals surface area (Å²) in [6.45, 7) is 0.915. The number of hydrogen-bond acceptors (Lipinski definition) is 6. The molecule has 0 radical (unpaired) electrons. The van der Waals surface area contributed by atoms with Crippen molar-refractivity contribution in [3.63, 3.8) is 0 Å². The Hall–Kier alpha value is -5.28. The maximum atomic E-state index is 13.9. The molecule has 1 N–H and O–H groups in total. The number of furan rings is 1. The summed E-state index contributed by atoms with van der Waals surface area (Å²) in [6, 6.07) is 29.3. The topological polar surface area (TPSA) is 92.8 Å². The third-order valence-electron chi connectivity index (χ3n) is 7.63. The summed E-state index contributed by atoms with van der Waals surface area (Å²) < 4.78 is 12.6. The third-order valence-corrected chi connectivity index (χ3v) is 8.64. The van der Waals surface area contributed by atoms with E-state index in [1.165, 1.54) is 18.9 Å². The lowest BCUT2D eigenvalue weighted by Crippen LogP contribution is -2.31. The highest BCUT2D eigenvalue weighted by atomic mass is 32.2. The molecule has 3 aromatic carbocycles. The van der Waals surface area contributed by atoms with Crippen molar-refractivity contribution in [3.05, 3.63) is 131 Å². The molecule has 8 nitrogen and oxygen atoms in total. The summed E-state index contributed by atoms with van der Waals surface area (Å²) in [7, 11) is 1.32. The standard InChI is InChI=1S/C35H28N4O4S/c1-42-34(41)31-16-15-26(43-31)22-38-21-24(28-12-6-8-14-30(28)38)19-32-33(40)39(35(44-32)37-25-9-3-2-4-10-25)18-17-23-20-36-29-13-7-5-11-27(23)29/h2-16,19-21,36H,17-18,22H2,1H3/b32-19-,37-35?. The van der Waals surface area contributed by atoms with Gasteiger partial charge in [-0.1, -0.05) is 54.6 Å². The highest BCUT2D eigenvalue weighted by molar-refractivity contribution is 8.18. The average molecular weight is 601 g/mol. The van der Waals surface area contributed by atoms with Gasteiger partial charge in [-0.25, -0.2) is 9.79 Å². The summed E-state index contributed by atoms with van der Waals surface area (Å²) in [6.07, 6.45) is 6.66. The molecule has 0 spiro atoms. The van der Waals surface area contributed by atoms with Gasteiger partial charge in [-0.05, 0) is 66.2 Å². The molecule has 218 valence electrons. The molecule has 0 atom stereocenters. The smallest absolute Gasteiger partial charge is 0.373 e. The molecular formula is C35H28N4O4S. The maximum Gasteiger partial charge on any atom is 0.373 e. The van der Waals surface area contributed by atoms with E-state index < -0.39 is 5.97 Å². The predicted octanol–water partition coefficient (Wildman–Crippen LogP) is 7.40. The number of H-pyrrole nitrogens is 1. The van der Waals surface area contributed by atoms with E-state index in [0.29, 0.717) is 35.3 Å². The summed E-state index contributed by atoms with van der Waals surface area (Å²) in [5, 5.41) is 2.82. The molecule has 0 saturated carbocycles. The number of amides is 1. The number of amidine groups is 1. The zero-order chi connectivity index (χ0) is 30.0. The molecule has 4 heterocycles. The Bertz CT molecular complexity index is 2070. The van der Waals surface area contributed by atoms with Crippen molar-refractivity contribution >= 4 is 62.4 Å². The van der Waals surface area contributed by atoms with E-state index >= 15 is 0 Å². The molecule has 1 amide bonds. The van der Waals surface area contributed by atoms with E-state index in [1.54, 1.807) is 17.0 Å². The van der Waals surface area contributed by atoms with Crippen LogP contribution in [0.5, 0.6) is 0 Å². The number of carbonyl (C=O) groups excluding carboxylic acids is 2. The van der Waals surface area contributed by atoms with Crippen LogP contribution in [0.3, 0.4) is 0 Å². The minimum Gasteiger partial charge on any atom is -0.463 e. The number of benzene rings is 3. The van der Waals surface area contributed by atoms with Crippen LogP contribution in [0.4, 0.5) is 5.69 Å². The zero-order valence-electron chi connectivity index (χ0n) is 23.9. The van der Waals surface area contributed by atoms with Crippen molar-refractivity contribution in [2.24, 2.45) is 4.99 Å².